The van der Waals surface area contributed by atoms with Crippen LogP contribution in [-0.4, -0.2) is 45.6 Å². The summed E-state index contributed by atoms with van der Waals surface area (Å²) in [5.41, 5.74) is -1.57. The predicted molar refractivity (Wildman–Crippen MR) is 65.4 cm³/mol. The standard InChI is InChI=1S/C11H13N3O5/c12-4-8-3-9(1-2-10(8)14(18)19)13-11(5-15,6-16)7-17/h1-3,13,15-17H,5-7H2. The van der Waals surface area contributed by atoms with Crippen LogP contribution in [0.1, 0.15) is 5.56 Å². The predicted octanol–water partition coefficient (Wildman–Crippen LogP) is -0.406. The van der Waals surface area contributed by atoms with Crippen molar-refractivity contribution < 1.29 is 20.2 Å². The molecule has 0 unspecified atom stereocenters. The molecule has 8 heteroatoms. The number of benzene rings is 1. The molecule has 8 nitrogen and oxygen atoms in total. The van der Waals surface area contributed by atoms with E-state index < -0.39 is 30.3 Å². The second kappa shape index (κ2) is 6.10. The molecule has 0 fully saturated rings. The van der Waals surface area contributed by atoms with E-state index in [4.69, 9.17) is 20.6 Å². The van der Waals surface area contributed by atoms with Gasteiger partial charge in [-0.1, -0.05) is 0 Å². The van der Waals surface area contributed by atoms with Crippen LogP contribution in [0.15, 0.2) is 18.2 Å². The van der Waals surface area contributed by atoms with Crippen LogP contribution in [0.4, 0.5) is 11.4 Å². The average molecular weight is 267 g/mol. The lowest BCUT2D eigenvalue weighted by molar-refractivity contribution is -0.385. The van der Waals surface area contributed by atoms with Gasteiger partial charge in [0.25, 0.3) is 5.69 Å². The largest absolute Gasteiger partial charge is 0.394 e. The maximum absolute atomic E-state index is 10.7. The number of rotatable bonds is 6. The molecule has 0 aromatic heterocycles. The Morgan fingerprint density at radius 1 is 1.32 bits per heavy atom. The average Bonchev–Trinajstić information content (AvgIpc) is 2.44. The van der Waals surface area contributed by atoms with E-state index in [0.29, 0.717) is 0 Å². The summed E-state index contributed by atoms with van der Waals surface area (Å²) in [5, 5.41) is 49.6. The molecule has 0 radical (unpaired) electrons. The van der Waals surface area contributed by atoms with Gasteiger partial charge >= 0.3 is 0 Å². The van der Waals surface area contributed by atoms with Crippen LogP contribution in [0.3, 0.4) is 0 Å². The van der Waals surface area contributed by atoms with Crippen LogP contribution < -0.4 is 5.32 Å². The van der Waals surface area contributed by atoms with Gasteiger partial charge in [0.05, 0.1) is 24.7 Å². The summed E-state index contributed by atoms with van der Waals surface area (Å²) in [4.78, 5) is 9.98. The molecule has 1 aromatic rings. The molecule has 0 aliphatic carbocycles. The minimum Gasteiger partial charge on any atom is -0.394 e. The second-order valence-electron chi connectivity index (χ2n) is 3.98. The monoisotopic (exact) mass is 267 g/mol. The van der Waals surface area contributed by atoms with Gasteiger partial charge in [0.2, 0.25) is 0 Å². The summed E-state index contributed by atoms with van der Waals surface area (Å²) in [6.45, 7) is -1.63. The van der Waals surface area contributed by atoms with Crippen LogP contribution in [0.2, 0.25) is 0 Å². The summed E-state index contributed by atoms with van der Waals surface area (Å²) in [7, 11) is 0. The Hall–Kier alpha value is -2.21. The molecule has 0 saturated carbocycles. The highest BCUT2D eigenvalue weighted by atomic mass is 16.6. The molecule has 0 aliphatic heterocycles. The van der Waals surface area contributed by atoms with E-state index in [-0.39, 0.29) is 16.9 Å². The lowest BCUT2D eigenvalue weighted by Gasteiger charge is -2.29. The van der Waals surface area contributed by atoms with Gasteiger partial charge in [0.15, 0.2) is 0 Å². The number of nitro groups is 1. The van der Waals surface area contributed by atoms with Gasteiger partial charge in [0, 0.05) is 11.8 Å². The van der Waals surface area contributed by atoms with Gasteiger partial charge in [0.1, 0.15) is 17.2 Å². The highest BCUT2D eigenvalue weighted by molar-refractivity contribution is 5.59. The van der Waals surface area contributed by atoms with Crippen molar-refractivity contribution in [3.63, 3.8) is 0 Å². The molecule has 1 rings (SSSR count). The summed E-state index contributed by atoms with van der Waals surface area (Å²) < 4.78 is 0. The Morgan fingerprint density at radius 2 is 1.89 bits per heavy atom. The molecule has 4 N–H and O–H groups in total. The smallest absolute Gasteiger partial charge is 0.287 e. The maximum atomic E-state index is 10.7. The van der Waals surface area contributed by atoms with E-state index in [1.54, 1.807) is 6.07 Å². The first-order chi connectivity index (χ1) is 9.01. The molecular formula is C11H13N3O5. The van der Waals surface area contributed by atoms with E-state index in [0.717, 1.165) is 6.07 Å². The third-order valence-corrected chi connectivity index (χ3v) is 2.63. The van der Waals surface area contributed by atoms with Gasteiger partial charge < -0.3 is 20.6 Å². The van der Waals surface area contributed by atoms with Crippen LogP contribution in [0.5, 0.6) is 0 Å². The molecule has 0 bridgehead atoms. The lowest BCUT2D eigenvalue weighted by atomic mass is 10.0. The van der Waals surface area contributed by atoms with E-state index in [9.17, 15) is 10.1 Å². The van der Waals surface area contributed by atoms with E-state index in [1.807, 2.05) is 0 Å². The van der Waals surface area contributed by atoms with Crippen LogP contribution in [0.25, 0.3) is 0 Å². The molecule has 0 amide bonds. The van der Waals surface area contributed by atoms with Gasteiger partial charge in [-0.15, -0.1) is 0 Å². The molecule has 1 aromatic carbocycles. The number of nitrogens with one attached hydrogen (secondary N) is 1. The second-order valence-corrected chi connectivity index (χ2v) is 3.98. The van der Waals surface area contributed by atoms with Gasteiger partial charge in [-0.05, 0) is 12.1 Å². The molecule has 0 atom stereocenters. The SMILES string of the molecule is N#Cc1cc(NC(CO)(CO)CO)ccc1[N+](=O)[O-]. The number of hydrogen-bond acceptors (Lipinski definition) is 7. The molecule has 0 aliphatic rings. The van der Waals surface area contributed by atoms with Crippen LogP contribution in [0, 0.1) is 21.4 Å². The minimum atomic E-state index is -1.36. The molecule has 0 heterocycles. The van der Waals surface area contributed by atoms with Crippen molar-refractivity contribution in [2.24, 2.45) is 0 Å². The highest BCUT2D eigenvalue weighted by Gasteiger charge is 2.28. The van der Waals surface area contributed by atoms with Crippen molar-refractivity contribution in [3.8, 4) is 6.07 Å². The number of nitriles is 1. The Labute approximate surface area is 108 Å². The topological polar surface area (TPSA) is 140 Å². The van der Waals surface area contributed by atoms with Crippen molar-refractivity contribution in [2.75, 3.05) is 25.1 Å². The fraction of sp³-hybridized carbons (Fsp3) is 0.364. The number of anilines is 1. The van der Waals surface area contributed by atoms with Crippen molar-refractivity contribution in [3.05, 3.63) is 33.9 Å². The zero-order valence-electron chi connectivity index (χ0n) is 9.91. The molecule has 19 heavy (non-hydrogen) atoms. The first kappa shape index (κ1) is 14.8. The highest BCUT2D eigenvalue weighted by Crippen LogP contribution is 2.23. The fourth-order valence-corrected chi connectivity index (χ4v) is 1.44. The van der Waals surface area contributed by atoms with Crippen LogP contribution in [-0.2, 0) is 0 Å². The molecule has 0 spiro atoms. The number of aliphatic hydroxyl groups is 3. The number of hydrogen-bond donors (Lipinski definition) is 4. The summed E-state index contributed by atoms with van der Waals surface area (Å²) >= 11 is 0. The molecular weight excluding hydrogens is 254 g/mol. The fourth-order valence-electron chi connectivity index (χ4n) is 1.44. The number of nitro benzene ring substituents is 1. The van der Waals surface area contributed by atoms with Crippen molar-refractivity contribution in [1.82, 2.24) is 0 Å². The van der Waals surface area contributed by atoms with Gasteiger partial charge in [-0.3, -0.25) is 10.1 Å². The number of aliphatic hydroxyl groups excluding tert-OH is 3. The Balaban J connectivity index is 3.11. The zero-order chi connectivity index (χ0) is 14.5. The summed E-state index contributed by atoms with van der Waals surface area (Å²) in [6, 6.07) is 5.37. The van der Waals surface area contributed by atoms with Crippen molar-refractivity contribution in [2.45, 2.75) is 5.54 Å². The third kappa shape index (κ3) is 3.17. The van der Waals surface area contributed by atoms with Crippen LogP contribution >= 0.6 is 0 Å². The first-order valence-electron chi connectivity index (χ1n) is 5.31. The Bertz CT molecular complexity index is 499. The zero-order valence-corrected chi connectivity index (χ0v) is 9.91. The number of nitrogens with zero attached hydrogens (tertiary/aromatic N) is 2. The summed E-state index contributed by atoms with van der Waals surface area (Å²) in [5.74, 6) is 0. The normalized spacial score (nSPS) is 10.8. The van der Waals surface area contributed by atoms with Gasteiger partial charge in [-0.2, -0.15) is 5.26 Å². The van der Waals surface area contributed by atoms with E-state index in [2.05, 4.69) is 5.32 Å². The van der Waals surface area contributed by atoms with E-state index in [1.165, 1.54) is 12.1 Å². The van der Waals surface area contributed by atoms with Crippen molar-refractivity contribution in [1.29, 1.82) is 5.26 Å². The Morgan fingerprint density at radius 3 is 2.32 bits per heavy atom. The Kier molecular flexibility index (Phi) is 4.77. The van der Waals surface area contributed by atoms with Gasteiger partial charge in [-0.25, -0.2) is 0 Å². The third-order valence-electron chi connectivity index (χ3n) is 2.63. The van der Waals surface area contributed by atoms with Crippen molar-refractivity contribution >= 4 is 11.4 Å². The molecule has 102 valence electrons. The van der Waals surface area contributed by atoms with E-state index >= 15 is 0 Å². The summed E-state index contributed by atoms with van der Waals surface area (Å²) in [6.07, 6.45) is 0. The minimum absolute atomic E-state index is 0.155. The quantitative estimate of drug-likeness (QED) is 0.406. The molecule has 0 saturated heterocycles. The first-order valence-corrected chi connectivity index (χ1v) is 5.31. The lowest BCUT2D eigenvalue weighted by Crippen LogP contribution is -2.49. The maximum Gasteiger partial charge on any atom is 0.287 e.